The van der Waals surface area contributed by atoms with Gasteiger partial charge >= 0.3 is 0 Å². The Morgan fingerprint density at radius 3 is 2.64 bits per heavy atom. The Balaban J connectivity index is 1.99. The molecule has 0 atom stereocenters. The SMILES string of the molecule is COCCOc1cccc(CNc2cc(C)ccc2OC)c1. The predicted molar refractivity (Wildman–Crippen MR) is 88.9 cm³/mol. The number of anilines is 1. The van der Waals surface area contributed by atoms with Crippen LogP contribution in [0.25, 0.3) is 0 Å². The maximum Gasteiger partial charge on any atom is 0.141 e. The van der Waals surface area contributed by atoms with Crippen molar-refractivity contribution in [1.29, 1.82) is 0 Å². The van der Waals surface area contributed by atoms with Crippen molar-refractivity contribution in [3.8, 4) is 11.5 Å². The van der Waals surface area contributed by atoms with E-state index in [-0.39, 0.29) is 0 Å². The highest BCUT2D eigenvalue weighted by molar-refractivity contribution is 5.58. The number of aryl methyl sites for hydroxylation is 1. The summed E-state index contributed by atoms with van der Waals surface area (Å²) in [6.45, 7) is 3.91. The minimum absolute atomic E-state index is 0.555. The topological polar surface area (TPSA) is 39.7 Å². The van der Waals surface area contributed by atoms with Gasteiger partial charge in [-0.1, -0.05) is 18.2 Å². The van der Waals surface area contributed by atoms with Gasteiger partial charge in [-0.25, -0.2) is 0 Å². The first-order valence-corrected chi connectivity index (χ1v) is 7.32. The maximum absolute atomic E-state index is 5.63. The third-order valence-electron chi connectivity index (χ3n) is 3.29. The van der Waals surface area contributed by atoms with Crippen LogP contribution in [0, 0.1) is 6.92 Å². The van der Waals surface area contributed by atoms with E-state index in [1.165, 1.54) is 5.56 Å². The normalized spacial score (nSPS) is 10.3. The summed E-state index contributed by atoms with van der Waals surface area (Å²) >= 11 is 0. The molecule has 0 spiro atoms. The van der Waals surface area contributed by atoms with E-state index >= 15 is 0 Å². The minimum Gasteiger partial charge on any atom is -0.495 e. The van der Waals surface area contributed by atoms with Gasteiger partial charge in [0.15, 0.2) is 0 Å². The van der Waals surface area contributed by atoms with Gasteiger partial charge in [0.05, 0.1) is 19.4 Å². The zero-order valence-electron chi connectivity index (χ0n) is 13.4. The lowest BCUT2D eigenvalue weighted by Gasteiger charge is -2.13. The third-order valence-corrected chi connectivity index (χ3v) is 3.29. The fourth-order valence-corrected chi connectivity index (χ4v) is 2.15. The second-order valence-corrected chi connectivity index (χ2v) is 5.05. The summed E-state index contributed by atoms with van der Waals surface area (Å²) in [6, 6.07) is 14.1. The Labute approximate surface area is 132 Å². The average Bonchev–Trinajstić information content (AvgIpc) is 2.54. The second-order valence-electron chi connectivity index (χ2n) is 5.05. The molecule has 0 amide bonds. The third kappa shape index (κ3) is 4.67. The molecule has 2 aromatic rings. The summed E-state index contributed by atoms with van der Waals surface area (Å²) in [5, 5.41) is 3.41. The summed E-state index contributed by atoms with van der Waals surface area (Å²) in [5.74, 6) is 1.70. The molecule has 0 heterocycles. The van der Waals surface area contributed by atoms with E-state index in [0.29, 0.717) is 19.8 Å². The smallest absolute Gasteiger partial charge is 0.141 e. The van der Waals surface area contributed by atoms with Crippen LogP contribution in [0.3, 0.4) is 0 Å². The minimum atomic E-state index is 0.555. The number of hydrogen-bond acceptors (Lipinski definition) is 4. The lowest BCUT2D eigenvalue weighted by atomic mass is 10.2. The molecule has 4 heteroatoms. The molecule has 22 heavy (non-hydrogen) atoms. The highest BCUT2D eigenvalue weighted by Gasteiger charge is 2.03. The van der Waals surface area contributed by atoms with Crippen LogP contribution < -0.4 is 14.8 Å². The first-order valence-electron chi connectivity index (χ1n) is 7.32. The Kier molecular flexibility index (Phi) is 6.10. The van der Waals surface area contributed by atoms with Gasteiger partial charge in [-0.15, -0.1) is 0 Å². The highest BCUT2D eigenvalue weighted by atomic mass is 16.5. The lowest BCUT2D eigenvalue weighted by Crippen LogP contribution is -2.05. The average molecular weight is 301 g/mol. The molecule has 0 saturated carbocycles. The molecule has 0 bridgehead atoms. The van der Waals surface area contributed by atoms with Crippen molar-refractivity contribution in [3.63, 3.8) is 0 Å². The molecule has 0 unspecified atom stereocenters. The van der Waals surface area contributed by atoms with Crippen molar-refractivity contribution in [2.75, 3.05) is 32.8 Å². The standard InChI is InChI=1S/C18H23NO3/c1-14-7-8-18(21-3)17(11-14)19-13-15-5-4-6-16(12-15)22-10-9-20-2/h4-8,11-12,19H,9-10,13H2,1-3H3. The van der Waals surface area contributed by atoms with Crippen LogP contribution in [-0.2, 0) is 11.3 Å². The summed E-state index contributed by atoms with van der Waals surface area (Å²) in [6.07, 6.45) is 0. The number of rotatable bonds is 8. The van der Waals surface area contributed by atoms with Gasteiger partial charge in [0.25, 0.3) is 0 Å². The number of hydrogen-bond donors (Lipinski definition) is 1. The zero-order valence-corrected chi connectivity index (χ0v) is 13.4. The first-order chi connectivity index (χ1) is 10.7. The van der Waals surface area contributed by atoms with Crippen molar-refractivity contribution in [2.24, 2.45) is 0 Å². The predicted octanol–water partition coefficient (Wildman–Crippen LogP) is 3.64. The summed E-state index contributed by atoms with van der Waals surface area (Å²) in [7, 11) is 3.35. The van der Waals surface area contributed by atoms with Crippen LogP contribution in [-0.4, -0.2) is 27.4 Å². The molecule has 1 N–H and O–H groups in total. The zero-order chi connectivity index (χ0) is 15.8. The van der Waals surface area contributed by atoms with Crippen molar-refractivity contribution in [3.05, 3.63) is 53.6 Å². The summed E-state index contributed by atoms with van der Waals surface area (Å²) in [5.41, 5.74) is 3.34. The Morgan fingerprint density at radius 2 is 1.86 bits per heavy atom. The molecule has 0 aliphatic rings. The summed E-state index contributed by atoms with van der Waals surface area (Å²) < 4.78 is 16.0. The van der Waals surface area contributed by atoms with E-state index in [9.17, 15) is 0 Å². The molecule has 4 nitrogen and oxygen atoms in total. The second kappa shape index (κ2) is 8.29. The number of ether oxygens (including phenoxy) is 3. The van der Waals surface area contributed by atoms with E-state index in [0.717, 1.165) is 22.7 Å². The quantitative estimate of drug-likeness (QED) is 0.756. The van der Waals surface area contributed by atoms with Crippen molar-refractivity contribution < 1.29 is 14.2 Å². The Hall–Kier alpha value is -2.20. The largest absolute Gasteiger partial charge is 0.495 e. The molecular weight excluding hydrogens is 278 g/mol. The monoisotopic (exact) mass is 301 g/mol. The van der Waals surface area contributed by atoms with Crippen LogP contribution in [0.5, 0.6) is 11.5 Å². The van der Waals surface area contributed by atoms with E-state index in [4.69, 9.17) is 14.2 Å². The number of nitrogens with one attached hydrogen (secondary N) is 1. The highest BCUT2D eigenvalue weighted by Crippen LogP contribution is 2.26. The van der Waals surface area contributed by atoms with Gasteiger partial charge in [-0.2, -0.15) is 0 Å². The number of benzene rings is 2. The van der Waals surface area contributed by atoms with E-state index in [1.807, 2.05) is 30.3 Å². The van der Waals surface area contributed by atoms with E-state index < -0.39 is 0 Å². The molecule has 0 aliphatic heterocycles. The molecule has 0 aromatic heterocycles. The van der Waals surface area contributed by atoms with Crippen LogP contribution in [0.15, 0.2) is 42.5 Å². The molecule has 2 rings (SSSR count). The molecule has 0 saturated heterocycles. The van der Waals surface area contributed by atoms with Crippen LogP contribution in [0.4, 0.5) is 5.69 Å². The summed E-state index contributed by atoms with van der Waals surface area (Å²) in [4.78, 5) is 0. The first kappa shape index (κ1) is 16.2. The molecule has 0 radical (unpaired) electrons. The van der Waals surface area contributed by atoms with Crippen LogP contribution in [0.2, 0.25) is 0 Å². The van der Waals surface area contributed by atoms with Crippen LogP contribution >= 0.6 is 0 Å². The fourth-order valence-electron chi connectivity index (χ4n) is 2.15. The van der Waals surface area contributed by atoms with E-state index in [2.05, 4.69) is 24.4 Å². The number of methoxy groups -OCH3 is 2. The Bertz CT molecular complexity index is 599. The van der Waals surface area contributed by atoms with Gasteiger partial charge in [-0.05, 0) is 42.3 Å². The van der Waals surface area contributed by atoms with Crippen molar-refractivity contribution in [2.45, 2.75) is 13.5 Å². The molecule has 118 valence electrons. The molecule has 0 aliphatic carbocycles. The Morgan fingerprint density at radius 1 is 1.00 bits per heavy atom. The van der Waals surface area contributed by atoms with E-state index in [1.54, 1.807) is 14.2 Å². The van der Waals surface area contributed by atoms with Crippen LogP contribution in [0.1, 0.15) is 11.1 Å². The van der Waals surface area contributed by atoms with Gasteiger partial charge in [0, 0.05) is 13.7 Å². The van der Waals surface area contributed by atoms with Gasteiger partial charge in [-0.3, -0.25) is 0 Å². The maximum atomic E-state index is 5.63. The van der Waals surface area contributed by atoms with Crippen molar-refractivity contribution in [1.82, 2.24) is 0 Å². The lowest BCUT2D eigenvalue weighted by molar-refractivity contribution is 0.146. The van der Waals surface area contributed by atoms with Gasteiger partial charge in [0.1, 0.15) is 18.1 Å². The molecular formula is C18H23NO3. The van der Waals surface area contributed by atoms with Gasteiger partial charge < -0.3 is 19.5 Å². The van der Waals surface area contributed by atoms with Gasteiger partial charge in [0.2, 0.25) is 0 Å². The van der Waals surface area contributed by atoms with Crippen molar-refractivity contribution >= 4 is 5.69 Å². The fraction of sp³-hybridized carbons (Fsp3) is 0.333. The molecule has 2 aromatic carbocycles. The molecule has 0 fully saturated rings.